The third-order valence-electron chi connectivity index (χ3n) is 7.21. The van der Waals surface area contributed by atoms with Gasteiger partial charge in [0.25, 0.3) is 5.56 Å². The summed E-state index contributed by atoms with van der Waals surface area (Å²) in [6, 6.07) is 20.4. The number of phenols is 1. The zero-order chi connectivity index (χ0) is 25.4. The van der Waals surface area contributed by atoms with E-state index in [4.69, 9.17) is 9.72 Å². The van der Waals surface area contributed by atoms with Gasteiger partial charge < -0.3 is 9.84 Å². The average molecular weight is 511 g/mol. The Kier molecular flexibility index (Phi) is 6.43. The van der Waals surface area contributed by atoms with Gasteiger partial charge in [-0.05, 0) is 59.7 Å². The predicted molar refractivity (Wildman–Crippen MR) is 150 cm³/mol. The second kappa shape index (κ2) is 10.0. The van der Waals surface area contributed by atoms with Gasteiger partial charge in [0.1, 0.15) is 22.2 Å². The van der Waals surface area contributed by atoms with Crippen LogP contribution in [0.25, 0.3) is 20.3 Å². The molecule has 0 radical (unpaired) electrons. The average Bonchev–Trinajstić information content (AvgIpc) is 3.53. The highest BCUT2D eigenvalue weighted by Gasteiger charge is 2.20. The molecule has 1 aliphatic rings. The first-order chi connectivity index (χ1) is 18.1. The van der Waals surface area contributed by atoms with E-state index in [0.29, 0.717) is 29.8 Å². The number of hydrogen-bond acceptors (Lipinski definition) is 5. The number of aromatic hydroxyl groups is 1. The largest absolute Gasteiger partial charge is 0.506 e. The summed E-state index contributed by atoms with van der Waals surface area (Å²) in [6.07, 6.45) is 5.35. The Bertz CT molecular complexity index is 1650. The zero-order valence-corrected chi connectivity index (χ0v) is 21.8. The van der Waals surface area contributed by atoms with Crippen LogP contribution < -0.4 is 10.3 Å². The molecular weight excluding hydrogens is 480 g/mol. The van der Waals surface area contributed by atoms with Gasteiger partial charge >= 0.3 is 0 Å². The normalized spacial score (nSPS) is 12.8. The van der Waals surface area contributed by atoms with Crippen molar-refractivity contribution in [3.8, 4) is 11.5 Å². The van der Waals surface area contributed by atoms with Gasteiger partial charge in [0.2, 0.25) is 0 Å². The molecular formula is C31H30N2O3S. The Morgan fingerprint density at radius 2 is 1.86 bits per heavy atom. The fraction of sp³-hybridized carbons (Fsp3) is 0.290. The summed E-state index contributed by atoms with van der Waals surface area (Å²) in [7, 11) is 0. The van der Waals surface area contributed by atoms with Gasteiger partial charge in [0.15, 0.2) is 0 Å². The predicted octanol–water partition coefficient (Wildman–Crippen LogP) is 6.43. The van der Waals surface area contributed by atoms with Crippen LogP contribution in [0.5, 0.6) is 11.5 Å². The summed E-state index contributed by atoms with van der Waals surface area (Å²) in [5.41, 5.74) is 4.50. The van der Waals surface area contributed by atoms with Gasteiger partial charge in [-0.2, -0.15) is 0 Å². The lowest BCUT2D eigenvalue weighted by Crippen LogP contribution is -2.26. The van der Waals surface area contributed by atoms with Crippen LogP contribution in [-0.4, -0.2) is 21.3 Å². The van der Waals surface area contributed by atoms with E-state index in [9.17, 15) is 9.90 Å². The number of benzene rings is 3. The number of unbranched alkanes of at least 4 members (excludes halogenated alkanes) is 1. The summed E-state index contributed by atoms with van der Waals surface area (Å²) in [5, 5.41) is 12.2. The van der Waals surface area contributed by atoms with Crippen LogP contribution >= 0.6 is 11.3 Å². The molecule has 6 rings (SSSR count). The van der Waals surface area contributed by atoms with E-state index in [0.717, 1.165) is 64.9 Å². The standard InChI is InChI=1S/C31H30N2O3S/c1-2-3-7-21-17-24-28-30(37-29(24)25(34)18-21)32-27(13-11-20-8-5-4-6-9-20)33(31(28)35)19-22-10-12-26-23(16-22)14-15-36-26/h4-6,8-10,12,16-18,34H,2-3,7,11,13-15,19H2,1H3. The number of nitrogens with zero attached hydrogens (tertiary/aromatic N) is 2. The van der Waals surface area contributed by atoms with E-state index >= 15 is 0 Å². The van der Waals surface area contributed by atoms with Crippen LogP contribution in [-0.2, 0) is 32.2 Å². The minimum atomic E-state index is -0.0388. The van der Waals surface area contributed by atoms with Crippen LogP contribution in [0, 0.1) is 0 Å². The molecule has 0 amide bonds. The van der Waals surface area contributed by atoms with Crippen molar-refractivity contribution in [3.05, 3.63) is 99.1 Å². The number of phenolic OH excluding ortho intramolecular Hbond substituents is 1. The molecule has 188 valence electrons. The number of thiophene rings is 1. The number of aromatic nitrogens is 2. The maximum Gasteiger partial charge on any atom is 0.263 e. The first-order valence-corrected chi connectivity index (χ1v) is 13.9. The van der Waals surface area contributed by atoms with E-state index in [1.54, 1.807) is 0 Å². The minimum Gasteiger partial charge on any atom is -0.506 e. The van der Waals surface area contributed by atoms with Crippen molar-refractivity contribution in [2.45, 2.75) is 52.0 Å². The Hall–Kier alpha value is -3.64. The molecule has 6 heteroatoms. The highest BCUT2D eigenvalue weighted by molar-refractivity contribution is 7.25. The lowest BCUT2D eigenvalue weighted by molar-refractivity contribution is 0.357. The molecule has 0 saturated heterocycles. The molecule has 0 saturated carbocycles. The lowest BCUT2D eigenvalue weighted by Gasteiger charge is -2.14. The molecule has 0 bridgehead atoms. The van der Waals surface area contributed by atoms with Crippen molar-refractivity contribution in [1.29, 1.82) is 0 Å². The van der Waals surface area contributed by atoms with Crippen molar-refractivity contribution in [1.82, 2.24) is 9.55 Å². The molecule has 3 aromatic carbocycles. The van der Waals surface area contributed by atoms with Gasteiger partial charge in [0, 0.05) is 18.2 Å². The number of fused-ring (bicyclic) bond motifs is 4. The van der Waals surface area contributed by atoms with Gasteiger partial charge in [-0.25, -0.2) is 4.98 Å². The van der Waals surface area contributed by atoms with Crippen molar-refractivity contribution >= 4 is 31.6 Å². The lowest BCUT2D eigenvalue weighted by atomic mass is 10.0. The van der Waals surface area contributed by atoms with Crippen molar-refractivity contribution in [2.24, 2.45) is 0 Å². The fourth-order valence-electron chi connectivity index (χ4n) is 5.24. The molecule has 0 unspecified atom stereocenters. The molecule has 1 aliphatic heterocycles. The van der Waals surface area contributed by atoms with Crippen molar-refractivity contribution in [2.75, 3.05) is 6.61 Å². The van der Waals surface area contributed by atoms with Crippen LogP contribution in [0.1, 0.15) is 47.8 Å². The quantitative estimate of drug-likeness (QED) is 0.261. The second-order valence-electron chi connectivity index (χ2n) is 9.82. The number of aryl methyl sites for hydroxylation is 3. The molecule has 3 heterocycles. The molecule has 0 aliphatic carbocycles. The Labute approximate surface area is 220 Å². The molecule has 5 nitrogen and oxygen atoms in total. The number of ether oxygens (including phenoxy) is 1. The summed E-state index contributed by atoms with van der Waals surface area (Å²) in [5.74, 6) is 1.95. The molecule has 5 aromatic rings. The zero-order valence-electron chi connectivity index (χ0n) is 21.0. The third kappa shape index (κ3) is 4.62. The van der Waals surface area contributed by atoms with Crippen LogP contribution in [0.3, 0.4) is 0 Å². The molecule has 0 atom stereocenters. The van der Waals surface area contributed by atoms with Crippen molar-refractivity contribution in [3.63, 3.8) is 0 Å². The van der Waals surface area contributed by atoms with Gasteiger partial charge in [-0.1, -0.05) is 55.8 Å². The van der Waals surface area contributed by atoms with E-state index in [2.05, 4.69) is 31.2 Å². The molecule has 37 heavy (non-hydrogen) atoms. The van der Waals surface area contributed by atoms with E-state index in [-0.39, 0.29) is 11.3 Å². The monoisotopic (exact) mass is 510 g/mol. The summed E-state index contributed by atoms with van der Waals surface area (Å²) in [6.45, 7) is 3.32. The SMILES string of the molecule is CCCCc1cc(O)c2sc3nc(CCc4ccccc4)n(Cc4ccc5c(c4)CCO5)c(=O)c3c2c1. The smallest absolute Gasteiger partial charge is 0.263 e. The van der Waals surface area contributed by atoms with Gasteiger partial charge in [-0.15, -0.1) is 11.3 Å². The highest BCUT2D eigenvalue weighted by Crippen LogP contribution is 2.38. The maximum atomic E-state index is 14.1. The Morgan fingerprint density at radius 1 is 1.00 bits per heavy atom. The molecule has 0 spiro atoms. The van der Waals surface area contributed by atoms with Crippen LogP contribution in [0.15, 0.2) is 65.5 Å². The second-order valence-corrected chi connectivity index (χ2v) is 10.8. The summed E-state index contributed by atoms with van der Waals surface area (Å²) < 4.78 is 8.26. The summed E-state index contributed by atoms with van der Waals surface area (Å²) in [4.78, 5) is 19.9. The number of rotatable bonds is 8. The molecule has 1 N–H and O–H groups in total. The van der Waals surface area contributed by atoms with Crippen LogP contribution in [0.2, 0.25) is 0 Å². The highest BCUT2D eigenvalue weighted by atomic mass is 32.1. The van der Waals surface area contributed by atoms with E-state index in [1.165, 1.54) is 22.5 Å². The third-order valence-corrected chi connectivity index (χ3v) is 8.33. The fourth-order valence-corrected chi connectivity index (χ4v) is 6.32. The van der Waals surface area contributed by atoms with E-state index < -0.39 is 0 Å². The molecule has 2 aromatic heterocycles. The first kappa shape index (κ1) is 23.7. The van der Waals surface area contributed by atoms with Gasteiger partial charge in [-0.3, -0.25) is 9.36 Å². The van der Waals surface area contributed by atoms with E-state index in [1.807, 2.05) is 41.0 Å². The minimum absolute atomic E-state index is 0.0388. The summed E-state index contributed by atoms with van der Waals surface area (Å²) >= 11 is 1.41. The maximum absolute atomic E-state index is 14.1. The van der Waals surface area contributed by atoms with Crippen LogP contribution in [0.4, 0.5) is 0 Å². The topological polar surface area (TPSA) is 64.3 Å². The van der Waals surface area contributed by atoms with Crippen molar-refractivity contribution < 1.29 is 9.84 Å². The van der Waals surface area contributed by atoms with Gasteiger partial charge in [0.05, 0.1) is 23.2 Å². The molecule has 0 fully saturated rings. The Balaban J connectivity index is 1.48. The first-order valence-electron chi connectivity index (χ1n) is 13.1. The number of hydrogen-bond donors (Lipinski definition) is 1. The Morgan fingerprint density at radius 3 is 2.70 bits per heavy atom.